The van der Waals surface area contributed by atoms with Gasteiger partial charge in [0.2, 0.25) is 5.91 Å². The van der Waals surface area contributed by atoms with Crippen LogP contribution in [0.2, 0.25) is 0 Å². The fourth-order valence-corrected chi connectivity index (χ4v) is 2.90. The Morgan fingerprint density at radius 3 is 2.46 bits per heavy atom. The number of aromatic nitrogens is 2. The molecule has 1 aromatic heterocycles. The van der Waals surface area contributed by atoms with Gasteiger partial charge >= 0.3 is 0 Å². The molecule has 1 saturated carbocycles. The van der Waals surface area contributed by atoms with Gasteiger partial charge in [0.1, 0.15) is 5.82 Å². The van der Waals surface area contributed by atoms with E-state index in [9.17, 15) is 9.59 Å². The second kappa shape index (κ2) is 7.68. The number of benzene rings is 2. The monoisotopic (exact) mass is 374 g/mol. The van der Waals surface area contributed by atoms with Crippen molar-refractivity contribution in [1.29, 1.82) is 0 Å². The zero-order chi connectivity index (χ0) is 19.5. The van der Waals surface area contributed by atoms with Crippen molar-refractivity contribution >= 4 is 17.6 Å². The second-order valence-corrected chi connectivity index (χ2v) is 7.09. The minimum Gasteiger partial charge on any atom is -0.347 e. The molecule has 1 aliphatic rings. The third-order valence-corrected chi connectivity index (χ3v) is 4.72. The normalized spacial score (nSPS) is 13.2. The Morgan fingerprint density at radius 1 is 1.07 bits per heavy atom. The van der Waals surface area contributed by atoms with E-state index in [1.807, 2.05) is 61.5 Å². The average molecular weight is 374 g/mol. The van der Waals surface area contributed by atoms with Gasteiger partial charge in [0.05, 0.1) is 5.69 Å². The first-order valence-corrected chi connectivity index (χ1v) is 9.40. The third-order valence-electron chi connectivity index (χ3n) is 4.72. The number of para-hydroxylation sites is 1. The van der Waals surface area contributed by atoms with E-state index in [4.69, 9.17) is 0 Å². The molecule has 2 N–H and O–H groups in total. The highest BCUT2D eigenvalue weighted by Crippen LogP contribution is 2.30. The van der Waals surface area contributed by atoms with Crippen molar-refractivity contribution in [2.45, 2.75) is 26.3 Å². The number of nitrogens with zero attached hydrogens (tertiary/aromatic N) is 2. The fraction of sp³-hybridized carbons (Fsp3) is 0.227. The van der Waals surface area contributed by atoms with Crippen molar-refractivity contribution in [3.63, 3.8) is 0 Å². The highest BCUT2D eigenvalue weighted by atomic mass is 16.2. The molecule has 0 bridgehead atoms. The predicted octanol–water partition coefficient (Wildman–Crippen LogP) is 3.46. The Morgan fingerprint density at radius 2 is 1.79 bits per heavy atom. The summed E-state index contributed by atoms with van der Waals surface area (Å²) in [5, 5.41) is 10.2. The number of amides is 2. The standard InChI is InChI=1S/C22H22N4O2/c1-15-7-9-16(10-8-15)14-23-22(28)19-13-20(24-21(27)17-11-12-17)26(25-19)18-5-3-2-4-6-18/h2-10,13,17H,11-12,14H2,1H3,(H,23,28)(H,24,27). The first-order valence-electron chi connectivity index (χ1n) is 9.40. The predicted molar refractivity (Wildman–Crippen MR) is 107 cm³/mol. The van der Waals surface area contributed by atoms with Crippen LogP contribution >= 0.6 is 0 Å². The highest BCUT2D eigenvalue weighted by molar-refractivity contribution is 5.97. The van der Waals surface area contributed by atoms with Crippen molar-refractivity contribution in [1.82, 2.24) is 15.1 Å². The number of hydrogen-bond acceptors (Lipinski definition) is 3. The second-order valence-electron chi connectivity index (χ2n) is 7.09. The van der Waals surface area contributed by atoms with Crippen LogP contribution in [0.5, 0.6) is 0 Å². The minimum atomic E-state index is -0.280. The van der Waals surface area contributed by atoms with Crippen LogP contribution in [0.1, 0.15) is 34.5 Å². The zero-order valence-electron chi connectivity index (χ0n) is 15.7. The SMILES string of the molecule is Cc1ccc(CNC(=O)c2cc(NC(=O)C3CC3)n(-c3ccccc3)n2)cc1. The smallest absolute Gasteiger partial charge is 0.272 e. The van der Waals surface area contributed by atoms with Gasteiger partial charge in [0, 0.05) is 18.5 Å². The van der Waals surface area contributed by atoms with Crippen molar-refractivity contribution in [2.24, 2.45) is 5.92 Å². The first-order chi connectivity index (χ1) is 13.6. The molecule has 2 aromatic carbocycles. The lowest BCUT2D eigenvalue weighted by atomic mass is 10.1. The number of aryl methyl sites for hydroxylation is 1. The van der Waals surface area contributed by atoms with E-state index in [1.54, 1.807) is 10.7 Å². The summed E-state index contributed by atoms with van der Waals surface area (Å²) in [5.41, 5.74) is 3.24. The van der Waals surface area contributed by atoms with Crippen LogP contribution in [0.25, 0.3) is 5.69 Å². The number of rotatable bonds is 6. The molecule has 1 heterocycles. The molecule has 0 aliphatic heterocycles. The number of anilines is 1. The Balaban J connectivity index is 1.54. The van der Waals surface area contributed by atoms with Crippen LogP contribution in [0.15, 0.2) is 60.7 Å². The summed E-state index contributed by atoms with van der Waals surface area (Å²) in [6.45, 7) is 2.44. The quantitative estimate of drug-likeness (QED) is 0.694. The molecule has 6 nitrogen and oxygen atoms in total. The van der Waals surface area contributed by atoms with Crippen molar-refractivity contribution in [3.05, 3.63) is 77.5 Å². The largest absolute Gasteiger partial charge is 0.347 e. The summed E-state index contributed by atoms with van der Waals surface area (Å²) >= 11 is 0. The van der Waals surface area contributed by atoms with Gasteiger partial charge in [0.25, 0.3) is 5.91 Å². The molecule has 2 amide bonds. The van der Waals surface area contributed by atoms with Gasteiger partial charge in [-0.05, 0) is 37.5 Å². The van der Waals surface area contributed by atoms with Crippen molar-refractivity contribution in [2.75, 3.05) is 5.32 Å². The van der Waals surface area contributed by atoms with Gasteiger partial charge in [0.15, 0.2) is 5.69 Å². The molecule has 4 rings (SSSR count). The number of hydrogen-bond donors (Lipinski definition) is 2. The average Bonchev–Trinajstić information content (AvgIpc) is 3.49. The molecule has 0 saturated heterocycles. The topological polar surface area (TPSA) is 76.0 Å². The van der Waals surface area contributed by atoms with Gasteiger partial charge in [-0.3, -0.25) is 9.59 Å². The van der Waals surface area contributed by atoms with E-state index < -0.39 is 0 Å². The van der Waals surface area contributed by atoms with Gasteiger partial charge in [-0.1, -0.05) is 48.0 Å². The maximum Gasteiger partial charge on any atom is 0.272 e. The van der Waals surface area contributed by atoms with Gasteiger partial charge < -0.3 is 10.6 Å². The summed E-state index contributed by atoms with van der Waals surface area (Å²) in [6.07, 6.45) is 1.82. The van der Waals surface area contributed by atoms with Crippen LogP contribution in [0.4, 0.5) is 5.82 Å². The summed E-state index contributed by atoms with van der Waals surface area (Å²) in [4.78, 5) is 24.8. The molecular formula is C22H22N4O2. The summed E-state index contributed by atoms with van der Waals surface area (Å²) in [5.74, 6) is 0.266. The van der Waals surface area contributed by atoms with Crippen LogP contribution in [-0.2, 0) is 11.3 Å². The van der Waals surface area contributed by atoms with Crippen LogP contribution in [0.3, 0.4) is 0 Å². The van der Waals surface area contributed by atoms with E-state index in [1.165, 1.54) is 5.56 Å². The third kappa shape index (κ3) is 4.11. The maximum absolute atomic E-state index is 12.6. The van der Waals surface area contributed by atoms with Gasteiger partial charge in [-0.25, -0.2) is 4.68 Å². The summed E-state index contributed by atoms with van der Waals surface area (Å²) in [6, 6.07) is 19.1. The lowest BCUT2D eigenvalue weighted by molar-refractivity contribution is -0.117. The summed E-state index contributed by atoms with van der Waals surface area (Å²) in [7, 11) is 0. The van der Waals surface area contributed by atoms with E-state index >= 15 is 0 Å². The molecule has 0 unspecified atom stereocenters. The van der Waals surface area contributed by atoms with E-state index in [0.29, 0.717) is 12.4 Å². The molecule has 1 aliphatic carbocycles. The van der Waals surface area contributed by atoms with Crippen molar-refractivity contribution < 1.29 is 9.59 Å². The molecule has 0 radical (unpaired) electrons. The Bertz CT molecular complexity index is 989. The molecule has 6 heteroatoms. The van der Waals surface area contributed by atoms with Crippen LogP contribution in [-0.4, -0.2) is 21.6 Å². The Kier molecular flexibility index (Phi) is 4.93. The molecule has 0 spiro atoms. The minimum absolute atomic E-state index is 0.0244. The molecule has 0 atom stereocenters. The zero-order valence-corrected chi connectivity index (χ0v) is 15.7. The molecule has 1 fully saturated rings. The molecule has 3 aromatic rings. The highest BCUT2D eigenvalue weighted by Gasteiger charge is 2.30. The lowest BCUT2D eigenvalue weighted by Crippen LogP contribution is -2.23. The number of carbonyl (C=O) groups is 2. The van der Waals surface area contributed by atoms with E-state index in [0.717, 1.165) is 24.1 Å². The Labute approximate surface area is 163 Å². The van der Waals surface area contributed by atoms with Gasteiger partial charge in [-0.15, -0.1) is 0 Å². The van der Waals surface area contributed by atoms with E-state index in [-0.39, 0.29) is 23.4 Å². The molecular weight excluding hydrogens is 352 g/mol. The van der Waals surface area contributed by atoms with Crippen molar-refractivity contribution in [3.8, 4) is 5.69 Å². The van der Waals surface area contributed by atoms with Crippen LogP contribution < -0.4 is 10.6 Å². The lowest BCUT2D eigenvalue weighted by Gasteiger charge is -2.08. The number of nitrogens with one attached hydrogen (secondary N) is 2. The Hall–Kier alpha value is -3.41. The first kappa shape index (κ1) is 18.0. The van der Waals surface area contributed by atoms with Crippen LogP contribution in [0, 0.1) is 12.8 Å². The molecule has 28 heavy (non-hydrogen) atoms. The number of carbonyl (C=O) groups excluding carboxylic acids is 2. The molecule has 142 valence electrons. The van der Waals surface area contributed by atoms with Gasteiger partial charge in [-0.2, -0.15) is 5.10 Å². The fourth-order valence-electron chi connectivity index (χ4n) is 2.90. The summed E-state index contributed by atoms with van der Waals surface area (Å²) < 4.78 is 1.60. The maximum atomic E-state index is 12.6. The van der Waals surface area contributed by atoms with E-state index in [2.05, 4.69) is 15.7 Å².